The van der Waals surface area contributed by atoms with Crippen molar-refractivity contribution in [3.8, 4) is 17.2 Å². The molecule has 0 saturated heterocycles. The lowest BCUT2D eigenvalue weighted by atomic mass is 10.1. The highest BCUT2D eigenvalue weighted by Crippen LogP contribution is 2.29. The fraction of sp³-hybridized carbons (Fsp3) is 0.227. The van der Waals surface area contributed by atoms with Crippen LogP contribution < -0.4 is 19.7 Å². The number of hydrogen-bond donors (Lipinski definition) is 2. The fourth-order valence-corrected chi connectivity index (χ4v) is 3.59. The number of anilines is 2. The van der Waals surface area contributed by atoms with Crippen molar-refractivity contribution in [2.45, 2.75) is 19.4 Å². The summed E-state index contributed by atoms with van der Waals surface area (Å²) in [5, 5.41) is 14.5. The number of thiazole rings is 1. The third-order valence-electron chi connectivity index (χ3n) is 4.44. The van der Waals surface area contributed by atoms with Crippen molar-refractivity contribution in [2.24, 2.45) is 0 Å². The number of amides is 2. The largest absolute Gasteiger partial charge is 0.508 e. The number of nitrogens with one attached hydrogen (secondary N) is 1. The molecule has 0 atom stereocenters. The van der Waals surface area contributed by atoms with E-state index in [1.165, 1.54) is 23.5 Å². The molecule has 0 fully saturated rings. The second-order valence-corrected chi connectivity index (χ2v) is 7.46. The number of nitrogens with zero attached hydrogens (tertiary/aromatic N) is 2. The molecule has 0 aliphatic carbocycles. The first-order chi connectivity index (χ1) is 15.0. The Morgan fingerprint density at radius 3 is 2.58 bits per heavy atom. The van der Waals surface area contributed by atoms with Gasteiger partial charge in [0.2, 0.25) is 11.8 Å². The van der Waals surface area contributed by atoms with E-state index in [1.807, 2.05) is 6.07 Å². The molecule has 31 heavy (non-hydrogen) atoms. The van der Waals surface area contributed by atoms with Gasteiger partial charge in [-0.3, -0.25) is 14.5 Å². The summed E-state index contributed by atoms with van der Waals surface area (Å²) >= 11 is 1.34. The number of methoxy groups -OCH3 is 2. The second kappa shape index (κ2) is 10.4. The number of aromatic nitrogens is 1. The molecule has 3 rings (SSSR count). The maximum atomic E-state index is 13.0. The van der Waals surface area contributed by atoms with E-state index < -0.39 is 0 Å². The van der Waals surface area contributed by atoms with E-state index in [0.29, 0.717) is 22.3 Å². The number of phenols is 1. The summed E-state index contributed by atoms with van der Waals surface area (Å²) in [5.74, 6) is 0.678. The van der Waals surface area contributed by atoms with Crippen LogP contribution in [0.15, 0.2) is 54.0 Å². The summed E-state index contributed by atoms with van der Waals surface area (Å²) in [4.78, 5) is 31.0. The molecule has 9 heteroatoms. The third kappa shape index (κ3) is 5.95. The first kappa shape index (κ1) is 22.1. The van der Waals surface area contributed by atoms with Crippen molar-refractivity contribution < 1.29 is 24.2 Å². The molecule has 0 aliphatic rings. The highest BCUT2D eigenvalue weighted by atomic mass is 32.1. The van der Waals surface area contributed by atoms with E-state index >= 15 is 0 Å². The van der Waals surface area contributed by atoms with Gasteiger partial charge in [0.05, 0.1) is 20.8 Å². The summed E-state index contributed by atoms with van der Waals surface area (Å²) < 4.78 is 10.6. The maximum Gasteiger partial charge on any atom is 0.229 e. The molecule has 2 N–H and O–H groups in total. The van der Waals surface area contributed by atoms with Gasteiger partial charge in [0.15, 0.2) is 16.6 Å². The van der Waals surface area contributed by atoms with Crippen LogP contribution in [0.1, 0.15) is 18.4 Å². The van der Waals surface area contributed by atoms with Crippen LogP contribution in [0.3, 0.4) is 0 Å². The molecule has 0 saturated carbocycles. The predicted octanol–water partition coefficient (Wildman–Crippen LogP) is 3.82. The van der Waals surface area contributed by atoms with Crippen molar-refractivity contribution in [3.05, 3.63) is 59.6 Å². The van der Waals surface area contributed by atoms with Gasteiger partial charge in [-0.2, -0.15) is 0 Å². The quantitative estimate of drug-likeness (QED) is 0.524. The molecular formula is C22H23N3O5S. The van der Waals surface area contributed by atoms with E-state index in [1.54, 1.807) is 55.0 Å². The Hall–Kier alpha value is -3.59. The molecule has 1 heterocycles. The minimum atomic E-state index is -0.316. The molecule has 0 unspecified atom stereocenters. The van der Waals surface area contributed by atoms with E-state index in [-0.39, 0.29) is 37.0 Å². The molecule has 2 amide bonds. The Bertz CT molecular complexity index is 1040. The molecule has 0 radical (unpaired) electrons. The van der Waals surface area contributed by atoms with Crippen LogP contribution in [0.4, 0.5) is 10.8 Å². The smallest absolute Gasteiger partial charge is 0.229 e. The van der Waals surface area contributed by atoms with Gasteiger partial charge in [0.1, 0.15) is 5.75 Å². The van der Waals surface area contributed by atoms with Crippen molar-refractivity contribution in [1.29, 1.82) is 0 Å². The van der Waals surface area contributed by atoms with Gasteiger partial charge in [-0.05, 0) is 29.8 Å². The molecule has 8 nitrogen and oxygen atoms in total. The van der Waals surface area contributed by atoms with Gasteiger partial charge in [0.25, 0.3) is 0 Å². The van der Waals surface area contributed by atoms with Crippen molar-refractivity contribution in [3.63, 3.8) is 0 Å². The number of carbonyl (C=O) groups excluding carboxylic acids is 2. The topological polar surface area (TPSA) is 101 Å². The zero-order valence-electron chi connectivity index (χ0n) is 17.2. The molecule has 2 aromatic carbocycles. The first-order valence-corrected chi connectivity index (χ1v) is 10.4. The Morgan fingerprint density at radius 2 is 1.90 bits per heavy atom. The highest BCUT2D eigenvalue weighted by Gasteiger charge is 2.20. The second-order valence-electron chi connectivity index (χ2n) is 6.58. The lowest BCUT2D eigenvalue weighted by Crippen LogP contribution is -2.31. The first-order valence-electron chi connectivity index (χ1n) is 9.50. The average molecular weight is 442 g/mol. The summed E-state index contributed by atoms with van der Waals surface area (Å²) in [7, 11) is 3.11. The van der Waals surface area contributed by atoms with Gasteiger partial charge in [-0.15, -0.1) is 11.3 Å². The monoisotopic (exact) mass is 441 g/mol. The number of hydrogen-bond acceptors (Lipinski definition) is 7. The zero-order chi connectivity index (χ0) is 22.2. The van der Waals surface area contributed by atoms with E-state index in [4.69, 9.17) is 9.47 Å². The normalized spacial score (nSPS) is 10.4. The van der Waals surface area contributed by atoms with Gasteiger partial charge >= 0.3 is 0 Å². The molecule has 0 aliphatic heterocycles. The van der Waals surface area contributed by atoms with Crippen molar-refractivity contribution >= 4 is 34.0 Å². The highest BCUT2D eigenvalue weighted by molar-refractivity contribution is 7.13. The summed E-state index contributed by atoms with van der Waals surface area (Å²) in [6.45, 7) is 0.279. The fourth-order valence-electron chi connectivity index (χ4n) is 2.94. The maximum absolute atomic E-state index is 13.0. The Morgan fingerprint density at radius 1 is 1.10 bits per heavy atom. The van der Waals surface area contributed by atoms with Crippen LogP contribution >= 0.6 is 11.3 Å². The number of ether oxygens (including phenoxy) is 2. The number of carbonyl (C=O) groups is 2. The van der Waals surface area contributed by atoms with E-state index in [0.717, 1.165) is 5.56 Å². The van der Waals surface area contributed by atoms with Crippen LogP contribution in [-0.2, 0) is 16.1 Å². The minimum absolute atomic E-state index is 0.00228. The van der Waals surface area contributed by atoms with Crippen LogP contribution in [0.25, 0.3) is 0 Å². The standard InChI is InChI=1S/C22H23N3O5S/c1-29-18-7-6-15(12-19(18)30-2)14-25(22-23-10-11-31-22)21(28)9-8-20(27)24-16-4-3-5-17(26)13-16/h3-7,10-13,26H,8-9,14H2,1-2H3,(H,24,27). The van der Waals surface area contributed by atoms with Crippen LogP contribution in [0.5, 0.6) is 17.2 Å². The van der Waals surface area contributed by atoms with Crippen LogP contribution in [-0.4, -0.2) is 36.1 Å². The van der Waals surface area contributed by atoms with Gasteiger partial charge in [0, 0.05) is 36.2 Å². The minimum Gasteiger partial charge on any atom is -0.508 e. The van der Waals surface area contributed by atoms with Gasteiger partial charge < -0.3 is 19.9 Å². The number of rotatable bonds is 9. The summed E-state index contributed by atoms with van der Waals surface area (Å²) in [6, 6.07) is 11.7. The van der Waals surface area contributed by atoms with Crippen LogP contribution in [0.2, 0.25) is 0 Å². The number of phenolic OH excluding ortho intramolecular Hbond substituents is 1. The third-order valence-corrected chi connectivity index (χ3v) is 5.23. The number of aromatic hydroxyl groups is 1. The van der Waals surface area contributed by atoms with Crippen LogP contribution in [0, 0.1) is 0 Å². The molecular weight excluding hydrogens is 418 g/mol. The Kier molecular flexibility index (Phi) is 7.45. The number of benzene rings is 2. The lowest BCUT2D eigenvalue weighted by molar-refractivity contribution is -0.122. The molecule has 0 spiro atoms. The van der Waals surface area contributed by atoms with E-state index in [2.05, 4.69) is 10.3 Å². The SMILES string of the molecule is COc1ccc(CN(C(=O)CCC(=O)Nc2cccc(O)c2)c2nccs2)cc1OC. The van der Waals surface area contributed by atoms with Crippen molar-refractivity contribution in [1.82, 2.24) is 4.98 Å². The summed E-state index contributed by atoms with van der Waals surface area (Å²) in [5.41, 5.74) is 1.31. The molecule has 3 aromatic rings. The van der Waals surface area contributed by atoms with E-state index in [9.17, 15) is 14.7 Å². The Balaban J connectivity index is 1.68. The average Bonchev–Trinajstić information content (AvgIpc) is 3.30. The molecule has 1 aromatic heterocycles. The molecule has 162 valence electrons. The predicted molar refractivity (Wildman–Crippen MR) is 119 cm³/mol. The zero-order valence-corrected chi connectivity index (χ0v) is 18.0. The Labute approximate surface area is 184 Å². The molecule has 0 bridgehead atoms. The lowest BCUT2D eigenvalue weighted by Gasteiger charge is -2.20. The van der Waals surface area contributed by atoms with Crippen molar-refractivity contribution in [2.75, 3.05) is 24.4 Å². The summed E-state index contributed by atoms with van der Waals surface area (Å²) in [6.07, 6.45) is 1.64. The van der Waals surface area contributed by atoms with Gasteiger partial charge in [-0.25, -0.2) is 4.98 Å². The van der Waals surface area contributed by atoms with Gasteiger partial charge in [-0.1, -0.05) is 12.1 Å².